The molecule has 1 amide bonds. The maximum Gasteiger partial charge on any atom is 0.268 e. The summed E-state index contributed by atoms with van der Waals surface area (Å²) in [6.45, 7) is 2.99. The van der Waals surface area contributed by atoms with E-state index in [1.165, 1.54) is 15.6 Å². The molecular formula is C15H17N3O2S. The van der Waals surface area contributed by atoms with E-state index in [1.54, 1.807) is 22.3 Å². The fourth-order valence-corrected chi connectivity index (χ4v) is 3.26. The standard InChI is InChI=1S/C15H17N3O2S/c1-11-5-7-13(21-11)12-6-8-15(20)18(16-12)10-17-9-3-2-4-14(17)19/h5-8H,2-4,9-10H2,1H3. The van der Waals surface area contributed by atoms with Crippen molar-refractivity contribution in [2.24, 2.45) is 0 Å². The van der Waals surface area contributed by atoms with Crippen molar-refractivity contribution < 1.29 is 4.79 Å². The molecule has 0 spiro atoms. The van der Waals surface area contributed by atoms with E-state index in [9.17, 15) is 9.59 Å². The zero-order chi connectivity index (χ0) is 14.8. The van der Waals surface area contributed by atoms with E-state index in [-0.39, 0.29) is 18.1 Å². The molecule has 3 heterocycles. The number of thiophene rings is 1. The molecule has 2 aromatic rings. The monoisotopic (exact) mass is 303 g/mol. The number of nitrogens with zero attached hydrogens (tertiary/aromatic N) is 3. The molecule has 110 valence electrons. The predicted molar refractivity (Wildman–Crippen MR) is 82.1 cm³/mol. The SMILES string of the molecule is Cc1ccc(-c2ccc(=O)n(CN3CCCCC3=O)n2)s1. The van der Waals surface area contributed by atoms with Gasteiger partial charge in [0.2, 0.25) is 5.91 Å². The number of hydrogen-bond donors (Lipinski definition) is 0. The minimum Gasteiger partial charge on any atom is -0.323 e. The quantitative estimate of drug-likeness (QED) is 0.874. The van der Waals surface area contributed by atoms with E-state index >= 15 is 0 Å². The number of aryl methyl sites for hydroxylation is 1. The van der Waals surface area contributed by atoms with Gasteiger partial charge >= 0.3 is 0 Å². The lowest BCUT2D eigenvalue weighted by atomic mass is 10.1. The highest BCUT2D eigenvalue weighted by molar-refractivity contribution is 7.15. The largest absolute Gasteiger partial charge is 0.323 e. The van der Waals surface area contributed by atoms with Gasteiger partial charge in [0.1, 0.15) is 12.4 Å². The van der Waals surface area contributed by atoms with Crippen LogP contribution in [0, 0.1) is 6.92 Å². The first-order chi connectivity index (χ1) is 10.1. The smallest absolute Gasteiger partial charge is 0.268 e. The molecule has 21 heavy (non-hydrogen) atoms. The van der Waals surface area contributed by atoms with Gasteiger partial charge < -0.3 is 4.90 Å². The Hall–Kier alpha value is -1.95. The van der Waals surface area contributed by atoms with E-state index in [0.29, 0.717) is 13.0 Å². The van der Waals surface area contributed by atoms with Gasteiger partial charge in [-0.25, -0.2) is 4.68 Å². The maximum absolute atomic E-state index is 12.0. The van der Waals surface area contributed by atoms with Crippen molar-refractivity contribution in [3.05, 3.63) is 39.5 Å². The number of piperidine rings is 1. The van der Waals surface area contributed by atoms with Crippen molar-refractivity contribution in [1.82, 2.24) is 14.7 Å². The third kappa shape index (κ3) is 3.05. The fraction of sp³-hybridized carbons (Fsp3) is 0.400. The van der Waals surface area contributed by atoms with Crippen molar-refractivity contribution in [2.75, 3.05) is 6.54 Å². The van der Waals surface area contributed by atoms with Crippen LogP contribution in [0.4, 0.5) is 0 Å². The zero-order valence-electron chi connectivity index (χ0n) is 11.9. The third-order valence-corrected chi connectivity index (χ3v) is 4.61. The molecule has 0 saturated carbocycles. The van der Waals surface area contributed by atoms with Crippen LogP contribution < -0.4 is 5.56 Å². The summed E-state index contributed by atoms with van der Waals surface area (Å²) < 4.78 is 1.38. The number of likely N-dealkylation sites (tertiary alicyclic amines) is 1. The molecule has 0 atom stereocenters. The summed E-state index contributed by atoms with van der Waals surface area (Å²) >= 11 is 1.64. The van der Waals surface area contributed by atoms with Gasteiger partial charge in [-0.2, -0.15) is 5.10 Å². The van der Waals surface area contributed by atoms with E-state index in [0.717, 1.165) is 23.4 Å². The molecule has 0 N–H and O–H groups in total. The van der Waals surface area contributed by atoms with Crippen molar-refractivity contribution in [2.45, 2.75) is 32.9 Å². The number of rotatable bonds is 3. The topological polar surface area (TPSA) is 55.2 Å². The van der Waals surface area contributed by atoms with Gasteiger partial charge in [0.15, 0.2) is 0 Å². The van der Waals surface area contributed by atoms with E-state index in [4.69, 9.17) is 0 Å². The van der Waals surface area contributed by atoms with E-state index < -0.39 is 0 Å². The Morgan fingerprint density at radius 1 is 1.19 bits per heavy atom. The van der Waals surface area contributed by atoms with Crippen molar-refractivity contribution in [3.63, 3.8) is 0 Å². The first kappa shape index (κ1) is 14.0. The molecule has 6 heteroatoms. The van der Waals surface area contributed by atoms with Gasteiger partial charge in [0.25, 0.3) is 5.56 Å². The molecule has 0 unspecified atom stereocenters. The Bertz CT molecular complexity index is 720. The first-order valence-electron chi connectivity index (χ1n) is 7.06. The lowest BCUT2D eigenvalue weighted by Gasteiger charge is -2.26. The van der Waals surface area contributed by atoms with Crippen LogP contribution in [0.25, 0.3) is 10.6 Å². The van der Waals surface area contributed by atoms with E-state index in [1.807, 2.05) is 19.1 Å². The van der Waals surface area contributed by atoms with E-state index in [2.05, 4.69) is 5.10 Å². The highest BCUT2D eigenvalue weighted by Crippen LogP contribution is 2.25. The van der Waals surface area contributed by atoms with Gasteiger partial charge in [-0.05, 0) is 38.0 Å². The molecular weight excluding hydrogens is 286 g/mol. The summed E-state index contributed by atoms with van der Waals surface area (Å²) in [5.74, 6) is 0.104. The molecule has 0 aliphatic carbocycles. The average molecular weight is 303 g/mol. The Morgan fingerprint density at radius 2 is 2.05 bits per heavy atom. The summed E-state index contributed by atoms with van der Waals surface area (Å²) in [6.07, 6.45) is 2.50. The molecule has 3 rings (SSSR count). The van der Waals surface area contributed by atoms with Crippen LogP contribution in [0.3, 0.4) is 0 Å². The normalized spacial score (nSPS) is 15.5. The second kappa shape index (κ2) is 5.81. The Morgan fingerprint density at radius 3 is 2.76 bits per heavy atom. The van der Waals surface area contributed by atoms with Gasteiger partial charge in [-0.3, -0.25) is 9.59 Å². The molecule has 1 saturated heterocycles. The lowest BCUT2D eigenvalue weighted by molar-refractivity contribution is -0.135. The van der Waals surface area contributed by atoms with Crippen LogP contribution in [0.5, 0.6) is 0 Å². The van der Waals surface area contributed by atoms with Crippen LogP contribution >= 0.6 is 11.3 Å². The summed E-state index contributed by atoms with van der Waals surface area (Å²) in [6, 6.07) is 7.29. The lowest BCUT2D eigenvalue weighted by Crippen LogP contribution is -2.40. The minimum absolute atomic E-state index is 0.104. The van der Waals surface area contributed by atoms with Crippen molar-refractivity contribution >= 4 is 17.2 Å². The Labute approximate surface area is 126 Å². The summed E-state index contributed by atoms with van der Waals surface area (Å²) in [4.78, 5) is 27.8. The van der Waals surface area contributed by atoms with Crippen molar-refractivity contribution in [3.8, 4) is 10.6 Å². The van der Waals surface area contributed by atoms with Crippen molar-refractivity contribution in [1.29, 1.82) is 0 Å². The Kier molecular flexibility index (Phi) is 3.88. The maximum atomic E-state index is 12.0. The fourth-order valence-electron chi connectivity index (χ4n) is 2.43. The third-order valence-electron chi connectivity index (χ3n) is 3.59. The number of carbonyl (C=O) groups is 1. The average Bonchev–Trinajstić information content (AvgIpc) is 2.90. The highest BCUT2D eigenvalue weighted by Gasteiger charge is 2.19. The zero-order valence-corrected chi connectivity index (χ0v) is 12.7. The number of amides is 1. The number of carbonyl (C=O) groups excluding carboxylic acids is 1. The molecule has 0 aromatic carbocycles. The molecule has 0 radical (unpaired) electrons. The Balaban J connectivity index is 1.88. The molecule has 1 fully saturated rings. The predicted octanol–water partition coefficient (Wildman–Crippen LogP) is 2.25. The van der Waals surface area contributed by atoms with Crippen LogP contribution in [0.2, 0.25) is 0 Å². The second-order valence-electron chi connectivity index (χ2n) is 5.22. The number of aromatic nitrogens is 2. The minimum atomic E-state index is -0.176. The van der Waals surface area contributed by atoms with Crippen LogP contribution in [-0.4, -0.2) is 27.1 Å². The summed E-state index contributed by atoms with van der Waals surface area (Å²) in [5.41, 5.74) is 0.600. The van der Waals surface area contributed by atoms with Crippen LogP contribution in [0.15, 0.2) is 29.1 Å². The molecule has 1 aliphatic rings. The molecule has 0 bridgehead atoms. The van der Waals surface area contributed by atoms with Gasteiger partial charge in [0.05, 0.1) is 4.88 Å². The molecule has 1 aliphatic heterocycles. The molecule has 5 nitrogen and oxygen atoms in total. The highest BCUT2D eigenvalue weighted by atomic mass is 32.1. The van der Waals surface area contributed by atoms with Crippen LogP contribution in [0.1, 0.15) is 24.1 Å². The summed E-state index contributed by atoms with van der Waals surface area (Å²) in [7, 11) is 0. The molecule has 2 aromatic heterocycles. The second-order valence-corrected chi connectivity index (χ2v) is 6.51. The summed E-state index contributed by atoms with van der Waals surface area (Å²) in [5, 5.41) is 4.41. The van der Waals surface area contributed by atoms with Gasteiger partial charge in [-0.1, -0.05) is 0 Å². The van der Waals surface area contributed by atoms with Gasteiger partial charge in [0, 0.05) is 23.9 Å². The first-order valence-corrected chi connectivity index (χ1v) is 7.88. The number of hydrogen-bond acceptors (Lipinski definition) is 4. The van der Waals surface area contributed by atoms with Gasteiger partial charge in [-0.15, -0.1) is 11.3 Å². The van der Waals surface area contributed by atoms with Crippen LogP contribution in [-0.2, 0) is 11.5 Å².